The molecule has 0 aliphatic heterocycles. The van der Waals surface area contributed by atoms with E-state index >= 15 is 0 Å². The number of hydrogen-bond acceptors (Lipinski definition) is 3. The van der Waals surface area contributed by atoms with Crippen LogP contribution in [0, 0.1) is 12.7 Å². The molecule has 6 heteroatoms. The SMILES string of the molecule is Cc1ccc(C(=O)NNC(=O)CCc2cccc(F)c2)s1. The maximum Gasteiger partial charge on any atom is 0.279 e. The Morgan fingerprint density at radius 1 is 1.19 bits per heavy atom. The van der Waals surface area contributed by atoms with Crippen LogP contribution >= 0.6 is 11.3 Å². The van der Waals surface area contributed by atoms with Gasteiger partial charge in [-0.15, -0.1) is 11.3 Å². The Balaban J connectivity index is 1.76. The summed E-state index contributed by atoms with van der Waals surface area (Å²) in [5, 5.41) is 0. The van der Waals surface area contributed by atoms with Crippen molar-refractivity contribution in [1.82, 2.24) is 10.9 Å². The molecule has 2 rings (SSSR count). The van der Waals surface area contributed by atoms with Crippen molar-refractivity contribution in [3.63, 3.8) is 0 Å². The zero-order valence-electron chi connectivity index (χ0n) is 11.5. The minimum atomic E-state index is -0.341. The topological polar surface area (TPSA) is 58.2 Å². The number of carbonyl (C=O) groups is 2. The third kappa shape index (κ3) is 4.68. The number of rotatable bonds is 4. The van der Waals surface area contributed by atoms with Gasteiger partial charge in [0.15, 0.2) is 0 Å². The predicted molar refractivity (Wildman–Crippen MR) is 79.4 cm³/mol. The minimum Gasteiger partial charge on any atom is -0.273 e. The van der Waals surface area contributed by atoms with Crippen molar-refractivity contribution < 1.29 is 14.0 Å². The Morgan fingerprint density at radius 3 is 2.67 bits per heavy atom. The van der Waals surface area contributed by atoms with Crippen LogP contribution in [0.4, 0.5) is 4.39 Å². The van der Waals surface area contributed by atoms with Gasteiger partial charge in [-0.2, -0.15) is 0 Å². The number of hydrogen-bond donors (Lipinski definition) is 2. The Morgan fingerprint density at radius 2 is 2.00 bits per heavy atom. The number of nitrogens with one attached hydrogen (secondary N) is 2. The Hall–Kier alpha value is -2.21. The first-order valence-electron chi connectivity index (χ1n) is 6.44. The Labute approximate surface area is 126 Å². The molecule has 0 saturated heterocycles. The van der Waals surface area contributed by atoms with Gasteiger partial charge in [0.05, 0.1) is 4.88 Å². The molecule has 0 spiro atoms. The number of aryl methyl sites for hydroxylation is 2. The van der Waals surface area contributed by atoms with Crippen molar-refractivity contribution in [2.24, 2.45) is 0 Å². The van der Waals surface area contributed by atoms with E-state index in [0.717, 1.165) is 10.4 Å². The summed E-state index contributed by atoms with van der Waals surface area (Å²) >= 11 is 1.35. The number of hydrazine groups is 1. The lowest BCUT2D eigenvalue weighted by Gasteiger charge is -2.06. The van der Waals surface area contributed by atoms with Gasteiger partial charge in [-0.3, -0.25) is 20.4 Å². The van der Waals surface area contributed by atoms with Crippen LogP contribution in [0.3, 0.4) is 0 Å². The second-order valence-corrected chi connectivity index (χ2v) is 5.83. The molecular weight excluding hydrogens is 291 g/mol. The van der Waals surface area contributed by atoms with E-state index in [9.17, 15) is 14.0 Å². The molecule has 1 aromatic carbocycles. The van der Waals surface area contributed by atoms with Gasteiger partial charge in [0.2, 0.25) is 5.91 Å². The predicted octanol–water partition coefficient (Wildman–Crippen LogP) is 2.59. The fourth-order valence-electron chi connectivity index (χ4n) is 1.76. The minimum absolute atomic E-state index is 0.174. The fourth-order valence-corrected chi connectivity index (χ4v) is 2.52. The maximum atomic E-state index is 13.0. The normalized spacial score (nSPS) is 10.2. The quantitative estimate of drug-likeness (QED) is 0.853. The van der Waals surface area contributed by atoms with E-state index in [1.165, 1.54) is 23.5 Å². The molecule has 4 nitrogen and oxygen atoms in total. The average molecular weight is 306 g/mol. The van der Waals surface area contributed by atoms with Gasteiger partial charge in [0.1, 0.15) is 5.82 Å². The molecule has 1 heterocycles. The molecule has 1 aromatic heterocycles. The average Bonchev–Trinajstić information content (AvgIpc) is 2.89. The monoisotopic (exact) mass is 306 g/mol. The summed E-state index contributed by atoms with van der Waals surface area (Å²) < 4.78 is 13.0. The lowest BCUT2D eigenvalue weighted by molar-refractivity contribution is -0.121. The molecule has 2 N–H and O–H groups in total. The van der Waals surface area contributed by atoms with Crippen LogP contribution in [0.2, 0.25) is 0 Å². The molecule has 0 unspecified atom stereocenters. The summed E-state index contributed by atoms with van der Waals surface area (Å²) in [6.07, 6.45) is 0.588. The molecule has 0 saturated carbocycles. The summed E-state index contributed by atoms with van der Waals surface area (Å²) in [5.74, 6) is -0.984. The molecule has 0 bridgehead atoms. The highest BCUT2D eigenvalue weighted by Crippen LogP contribution is 2.14. The molecule has 2 amide bonds. The van der Waals surface area contributed by atoms with Crippen molar-refractivity contribution in [3.8, 4) is 0 Å². The first-order valence-corrected chi connectivity index (χ1v) is 7.26. The van der Waals surface area contributed by atoms with Crippen LogP contribution in [-0.4, -0.2) is 11.8 Å². The number of carbonyl (C=O) groups excluding carboxylic acids is 2. The van der Waals surface area contributed by atoms with Gasteiger partial charge in [-0.25, -0.2) is 4.39 Å². The highest BCUT2D eigenvalue weighted by Gasteiger charge is 2.09. The Bertz CT molecular complexity index is 655. The number of halogens is 1. The number of amides is 2. The third-order valence-corrected chi connectivity index (χ3v) is 3.81. The van der Waals surface area contributed by atoms with Crippen LogP contribution < -0.4 is 10.9 Å². The second kappa shape index (κ2) is 6.99. The molecule has 0 aliphatic carbocycles. The van der Waals surface area contributed by atoms with E-state index in [1.807, 2.05) is 13.0 Å². The molecule has 110 valence electrons. The highest BCUT2D eigenvalue weighted by atomic mass is 32.1. The van der Waals surface area contributed by atoms with E-state index in [-0.39, 0.29) is 24.1 Å². The molecule has 2 aromatic rings. The lowest BCUT2D eigenvalue weighted by Crippen LogP contribution is -2.41. The summed E-state index contributed by atoms with van der Waals surface area (Å²) in [4.78, 5) is 24.9. The van der Waals surface area contributed by atoms with Gasteiger partial charge in [-0.05, 0) is 43.2 Å². The van der Waals surface area contributed by atoms with E-state index in [0.29, 0.717) is 11.3 Å². The van der Waals surface area contributed by atoms with Gasteiger partial charge in [-0.1, -0.05) is 12.1 Å². The standard InChI is InChI=1S/C15H15FN2O2S/c1-10-5-7-13(21-10)15(20)18-17-14(19)8-6-11-3-2-4-12(16)9-11/h2-5,7,9H,6,8H2,1H3,(H,17,19)(H,18,20). The molecular formula is C15H15FN2O2S. The number of thiophene rings is 1. The van der Waals surface area contributed by atoms with Crippen LogP contribution in [0.25, 0.3) is 0 Å². The molecule has 0 radical (unpaired) electrons. The highest BCUT2D eigenvalue weighted by molar-refractivity contribution is 7.13. The van der Waals surface area contributed by atoms with Crippen molar-refractivity contribution >= 4 is 23.2 Å². The Kier molecular flexibility index (Phi) is 5.05. The van der Waals surface area contributed by atoms with Crippen molar-refractivity contribution in [3.05, 3.63) is 57.5 Å². The second-order valence-electron chi connectivity index (χ2n) is 4.54. The molecule has 0 aliphatic rings. The van der Waals surface area contributed by atoms with Gasteiger partial charge < -0.3 is 0 Å². The van der Waals surface area contributed by atoms with E-state index in [2.05, 4.69) is 10.9 Å². The number of benzene rings is 1. The molecule has 21 heavy (non-hydrogen) atoms. The lowest BCUT2D eigenvalue weighted by atomic mass is 10.1. The van der Waals surface area contributed by atoms with Crippen LogP contribution in [-0.2, 0) is 11.2 Å². The zero-order valence-corrected chi connectivity index (χ0v) is 12.3. The van der Waals surface area contributed by atoms with E-state index in [1.54, 1.807) is 18.2 Å². The summed E-state index contributed by atoms with van der Waals surface area (Å²) in [5.41, 5.74) is 5.45. The van der Waals surface area contributed by atoms with Crippen LogP contribution in [0.15, 0.2) is 36.4 Å². The van der Waals surface area contributed by atoms with E-state index < -0.39 is 0 Å². The first-order chi connectivity index (χ1) is 10.0. The van der Waals surface area contributed by atoms with Crippen LogP contribution in [0.1, 0.15) is 26.5 Å². The maximum absolute atomic E-state index is 13.0. The first kappa shape index (κ1) is 15.2. The zero-order chi connectivity index (χ0) is 15.2. The van der Waals surface area contributed by atoms with Crippen molar-refractivity contribution in [2.45, 2.75) is 19.8 Å². The molecule has 0 fully saturated rings. The van der Waals surface area contributed by atoms with Gasteiger partial charge in [0, 0.05) is 11.3 Å². The largest absolute Gasteiger partial charge is 0.279 e. The smallest absolute Gasteiger partial charge is 0.273 e. The summed E-state index contributed by atoms with van der Waals surface area (Å²) in [6, 6.07) is 9.64. The van der Waals surface area contributed by atoms with Gasteiger partial charge >= 0.3 is 0 Å². The van der Waals surface area contributed by atoms with Crippen LogP contribution in [0.5, 0.6) is 0 Å². The summed E-state index contributed by atoms with van der Waals surface area (Å²) in [7, 11) is 0. The van der Waals surface area contributed by atoms with Gasteiger partial charge in [0.25, 0.3) is 5.91 Å². The fraction of sp³-hybridized carbons (Fsp3) is 0.200. The van der Waals surface area contributed by atoms with Crippen molar-refractivity contribution in [2.75, 3.05) is 0 Å². The molecule has 0 atom stereocenters. The summed E-state index contributed by atoms with van der Waals surface area (Å²) in [6.45, 7) is 1.90. The van der Waals surface area contributed by atoms with Crippen molar-refractivity contribution in [1.29, 1.82) is 0 Å². The third-order valence-electron chi connectivity index (χ3n) is 2.81. The van der Waals surface area contributed by atoms with E-state index in [4.69, 9.17) is 0 Å².